The fourth-order valence-corrected chi connectivity index (χ4v) is 8.68. The van der Waals surface area contributed by atoms with Crippen LogP contribution in [0.2, 0.25) is 10.0 Å². The van der Waals surface area contributed by atoms with Crippen molar-refractivity contribution in [3.8, 4) is 45.5 Å². The number of ketones is 1. The van der Waals surface area contributed by atoms with E-state index in [1.165, 1.54) is 76.6 Å². The number of nitrogens with two attached hydrogens (primary N) is 2. The Balaban J connectivity index is 0.000000396. The van der Waals surface area contributed by atoms with Crippen LogP contribution in [-0.4, -0.2) is 114 Å². The Labute approximate surface area is 570 Å². The standard InChI is InChI=1S/C32H38ClFN2O6.C22H26ClF4N3O3.C14H18O6.ClH/c1-19(2)30(38)42-14-13-41-27-10-8-21(16-28(27)40-6)26(37)11-12-32(5,39)29-18-22(31(3,4)35)17-25(36-29)20-7-9-24(34)23(33)15-20;1-19(2,3)33-18(31)30-20(4,5)13-9-16(12-6-7-15(24)14(23)8-12)29-17(10-13)21(32,11-28)22(25,26)27;1-9(2)14(17)20-7-6-19-11-5-4-10(13(15)16)8-12(11)18-3;/h7-10,15-19,39H,11-14,35H2,1-6H3;6-10,32H,11,28H2,1-5H3,(H,30,31);4-5,8-9H,6-7H2,1-3H3,(H,15,16);1H. The van der Waals surface area contributed by atoms with Gasteiger partial charge in [-0.2, -0.15) is 13.2 Å². The fourth-order valence-electron chi connectivity index (χ4n) is 8.32. The van der Waals surface area contributed by atoms with Crippen LogP contribution in [0.25, 0.3) is 22.5 Å². The minimum atomic E-state index is -5.15. The third kappa shape index (κ3) is 23.7. The highest BCUT2D eigenvalue weighted by molar-refractivity contribution is 6.31. The molecule has 20 nitrogen and oxygen atoms in total. The predicted molar refractivity (Wildman–Crippen MR) is 354 cm³/mol. The van der Waals surface area contributed by atoms with Crippen molar-refractivity contribution in [3.05, 3.63) is 152 Å². The lowest BCUT2D eigenvalue weighted by Crippen LogP contribution is -2.49. The summed E-state index contributed by atoms with van der Waals surface area (Å²) in [5.41, 5.74) is 5.94. The number of hydrogen-bond acceptors (Lipinski definition) is 18. The predicted octanol–water partition coefficient (Wildman–Crippen LogP) is 13.6. The molecule has 96 heavy (non-hydrogen) atoms. The number of carbonyl (C=O) groups excluding carboxylic acids is 4. The number of esters is 2. The van der Waals surface area contributed by atoms with Crippen LogP contribution < -0.4 is 35.7 Å². The zero-order chi connectivity index (χ0) is 71.8. The molecule has 0 spiro atoms. The highest BCUT2D eigenvalue weighted by atomic mass is 35.5. The molecule has 6 rings (SSSR count). The van der Waals surface area contributed by atoms with Crippen LogP contribution in [0.1, 0.15) is 139 Å². The van der Waals surface area contributed by atoms with E-state index >= 15 is 0 Å². The lowest BCUT2D eigenvalue weighted by atomic mass is 9.88. The number of rotatable bonds is 25. The number of aromatic carboxylic acids is 1. The Kier molecular flexibility index (Phi) is 29.9. The third-order valence-corrected chi connectivity index (χ3v) is 14.5. The van der Waals surface area contributed by atoms with Gasteiger partial charge in [-0.15, -0.1) is 12.4 Å². The maximum Gasteiger partial charge on any atom is 0.424 e. The van der Waals surface area contributed by atoms with Crippen molar-refractivity contribution in [1.82, 2.24) is 15.3 Å². The molecular formula is C68H83Cl3F5N5O15. The van der Waals surface area contributed by atoms with E-state index < -0.39 is 70.0 Å². The first kappa shape index (κ1) is 82.3. The first-order chi connectivity index (χ1) is 44.0. The molecule has 0 saturated heterocycles. The van der Waals surface area contributed by atoms with Crippen LogP contribution in [0, 0.1) is 23.5 Å². The number of aliphatic hydroxyl groups is 2. The number of Topliss-reactive ketones (excluding diaryl/α,β-unsaturated/α-hetero) is 1. The smallest absolute Gasteiger partial charge is 0.424 e. The number of alkyl halides is 3. The monoisotopic (exact) mass is 1410 g/mol. The minimum absolute atomic E-state index is 0. The van der Waals surface area contributed by atoms with Crippen molar-refractivity contribution >= 4 is 65.4 Å². The molecule has 0 saturated carbocycles. The van der Waals surface area contributed by atoms with E-state index in [9.17, 15) is 56.1 Å². The number of ether oxygens (including phenoxy) is 7. The SMILES string of the molecule is CC(C)(C)OC(=O)NC(C)(C)c1cc(-c2ccc(F)c(Cl)c2)nc(C(O)(CN)C(F)(F)F)c1.COc1cc(C(=O)CCC(C)(O)c2cc(C(C)(C)N)cc(-c3ccc(F)c(Cl)c3)n2)ccc1OCCOC(=O)C(C)C.COc1cc(C(=O)O)ccc1OCCOC(=O)C(C)C.Cl. The Bertz CT molecular complexity index is 3680. The van der Waals surface area contributed by atoms with Gasteiger partial charge in [0.2, 0.25) is 5.60 Å². The number of nitrogens with zero attached hydrogens (tertiary/aromatic N) is 2. The van der Waals surface area contributed by atoms with E-state index in [2.05, 4.69) is 15.3 Å². The van der Waals surface area contributed by atoms with E-state index in [0.29, 0.717) is 51.1 Å². The van der Waals surface area contributed by atoms with E-state index in [4.69, 9.17) is 72.9 Å². The topological polar surface area (TPSA) is 300 Å². The number of halogens is 8. The summed E-state index contributed by atoms with van der Waals surface area (Å²) in [6.45, 7) is 19.6. The first-order valence-corrected chi connectivity index (χ1v) is 30.4. The maximum atomic E-state index is 13.8. The molecule has 526 valence electrons. The van der Waals surface area contributed by atoms with Crippen LogP contribution in [-0.2, 0) is 46.1 Å². The van der Waals surface area contributed by atoms with Gasteiger partial charge in [0.15, 0.2) is 28.8 Å². The summed E-state index contributed by atoms with van der Waals surface area (Å²) in [7, 11) is 2.89. The van der Waals surface area contributed by atoms with Gasteiger partial charge in [-0.05, 0) is 170 Å². The first-order valence-electron chi connectivity index (χ1n) is 29.7. The van der Waals surface area contributed by atoms with Gasteiger partial charge in [0.25, 0.3) is 0 Å². The van der Waals surface area contributed by atoms with Gasteiger partial charge >= 0.3 is 30.2 Å². The maximum absolute atomic E-state index is 13.8. The Morgan fingerprint density at radius 3 is 1.45 bits per heavy atom. The van der Waals surface area contributed by atoms with Gasteiger partial charge in [0.1, 0.15) is 49.3 Å². The summed E-state index contributed by atoms with van der Waals surface area (Å²) in [5, 5.41) is 33.0. The number of hydrogen-bond donors (Lipinski definition) is 6. The molecule has 8 N–H and O–H groups in total. The minimum Gasteiger partial charge on any atom is -0.493 e. The van der Waals surface area contributed by atoms with Crippen molar-refractivity contribution in [3.63, 3.8) is 0 Å². The fraction of sp³-hybridized carbons (Fsp3) is 0.426. The van der Waals surface area contributed by atoms with Crippen LogP contribution in [0.4, 0.5) is 26.7 Å². The summed E-state index contributed by atoms with van der Waals surface area (Å²) in [6, 6.07) is 22.8. The molecule has 0 radical (unpaired) electrons. The van der Waals surface area contributed by atoms with E-state index in [1.54, 1.807) is 91.8 Å². The molecule has 2 aromatic heterocycles. The van der Waals surface area contributed by atoms with E-state index in [0.717, 1.165) is 12.1 Å². The molecule has 0 aliphatic heterocycles. The molecule has 2 atom stereocenters. The lowest BCUT2D eigenvalue weighted by molar-refractivity contribution is -0.263. The van der Waals surface area contributed by atoms with Crippen molar-refractivity contribution in [1.29, 1.82) is 0 Å². The average Bonchev–Trinajstić information content (AvgIpc) is 0.786. The van der Waals surface area contributed by atoms with Crippen molar-refractivity contribution in [2.75, 3.05) is 47.2 Å². The van der Waals surface area contributed by atoms with Gasteiger partial charge in [-0.3, -0.25) is 14.4 Å². The van der Waals surface area contributed by atoms with Crippen LogP contribution >= 0.6 is 35.6 Å². The molecule has 6 aromatic rings. The number of alkyl carbamates (subject to hydrolysis) is 1. The normalized spacial score (nSPS) is 12.8. The average molecular weight is 1410 g/mol. The second-order valence-electron chi connectivity index (χ2n) is 24.6. The van der Waals surface area contributed by atoms with Crippen LogP contribution in [0.15, 0.2) is 97.1 Å². The molecule has 28 heteroatoms. The highest BCUT2D eigenvalue weighted by Crippen LogP contribution is 2.41. The Morgan fingerprint density at radius 1 is 0.604 bits per heavy atom. The number of amides is 1. The zero-order valence-electron chi connectivity index (χ0n) is 55.7. The number of pyridine rings is 2. The molecule has 0 bridgehead atoms. The number of aromatic nitrogens is 2. The molecular weight excluding hydrogens is 1330 g/mol. The quantitative estimate of drug-likeness (QED) is 0.0102. The summed E-state index contributed by atoms with van der Waals surface area (Å²) >= 11 is 11.8. The van der Waals surface area contributed by atoms with Crippen molar-refractivity contribution < 1.29 is 94.4 Å². The summed E-state index contributed by atoms with van der Waals surface area (Å²) in [5.74, 6) is -2.07. The van der Waals surface area contributed by atoms with Gasteiger partial charge in [0, 0.05) is 35.2 Å². The molecule has 0 aliphatic rings. The number of benzene rings is 4. The highest BCUT2D eigenvalue weighted by Gasteiger charge is 2.55. The Hall–Kier alpha value is -7.91. The summed E-state index contributed by atoms with van der Waals surface area (Å²) < 4.78 is 105. The van der Waals surface area contributed by atoms with Crippen LogP contribution in [0.5, 0.6) is 23.0 Å². The second kappa shape index (κ2) is 34.9. The summed E-state index contributed by atoms with van der Waals surface area (Å²) in [4.78, 5) is 67.7. The largest absolute Gasteiger partial charge is 0.493 e. The van der Waals surface area contributed by atoms with E-state index in [1.807, 2.05) is 13.8 Å². The zero-order valence-corrected chi connectivity index (χ0v) is 58.0. The van der Waals surface area contributed by atoms with Gasteiger partial charge < -0.3 is 65.3 Å². The van der Waals surface area contributed by atoms with Crippen molar-refractivity contribution in [2.24, 2.45) is 23.3 Å². The summed E-state index contributed by atoms with van der Waals surface area (Å²) in [6.07, 6.45) is -5.87. The lowest BCUT2D eigenvalue weighted by Gasteiger charge is -2.32. The number of carbonyl (C=O) groups is 5. The van der Waals surface area contributed by atoms with E-state index in [-0.39, 0.29) is 114 Å². The second-order valence-corrected chi connectivity index (χ2v) is 25.4. The molecule has 2 unspecified atom stereocenters. The number of methoxy groups -OCH3 is 2. The van der Waals surface area contributed by atoms with Crippen LogP contribution in [0.3, 0.4) is 0 Å². The van der Waals surface area contributed by atoms with Gasteiger partial charge in [-0.1, -0.05) is 50.9 Å². The number of nitrogens with one attached hydrogen (secondary N) is 1. The Morgan fingerprint density at radius 2 is 1.04 bits per heavy atom. The number of carboxylic acid groups (broad SMARTS) is 1. The molecule has 2 heterocycles. The van der Waals surface area contributed by atoms with Gasteiger partial charge in [0.05, 0.1) is 70.0 Å². The molecule has 1 amide bonds. The van der Waals surface area contributed by atoms with Gasteiger partial charge in [-0.25, -0.2) is 28.3 Å². The molecule has 4 aromatic carbocycles. The molecule has 0 aliphatic carbocycles. The van der Waals surface area contributed by atoms with Crippen molar-refractivity contribution in [2.45, 2.75) is 130 Å². The molecule has 0 fully saturated rings. The number of carboxylic acids is 1. The third-order valence-electron chi connectivity index (χ3n) is 13.9.